The van der Waals surface area contributed by atoms with E-state index in [9.17, 15) is 8.42 Å². The molecule has 3 aliphatic rings. The molecule has 3 nitrogen and oxygen atoms in total. The Balaban J connectivity index is 2.22. The fraction of sp³-hybridized carbons (Fsp3) is 1.00. The Kier molecular flexibility index (Phi) is 1.36. The number of fused-ring (bicyclic) bond motifs is 1. The molecule has 3 fully saturated rings. The molecule has 1 saturated carbocycles. The van der Waals surface area contributed by atoms with E-state index in [0.717, 1.165) is 13.0 Å². The van der Waals surface area contributed by atoms with Crippen molar-refractivity contribution in [3.8, 4) is 0 Å². The zero-order chi connectivity index (χ0) is 8.22. The molecule has 2 bridgehead atoms. The Morgan fingerprint density at radius 2 is 2.09 bits per heavy atom. The Morgan fingerprint density at radius 3 is 2.27 bits per heavy atom. The van der Waals surface area contributed by atoms with E-state index in [0.29, 0.717) is 17.9 Å². The van der Waals surface area contributed by atoms with Crippen LogP contribution in [0.3, 0.4) is 0 Å². The van der Waals surface area contributed by atoms with Crippen molar-refractivity contribution in [3.63, 3.8) is 0 Å². The van der Waals surface area contributed by atoms with Crippen LogP contribution in [0.1, 0.15) is 13.3 Å². The van der Waals surface area contributed by atoms with Crippen molar-refractivity contribution in [1.29, 1.82) is 0 Å². The Hall–Kier alpha value is -0.0900. The average molecular weight is 175 g/mol. The van der Waals surface area contributed by atoms with E-state index >= 15 is 0 Å². The molecule has 3 atom stereocenters. The van der Waals surface area contributed by atoms with Crippen molar-refractivity contribution in [3.05, 3.63) is 0 Å². The van der Waals surface area contributed by atoms with E-state index in [-0.39, 0.29) is 0 Å². The largest absolute Gasteiger partial charge is 0.212 e. The highest BCUT2D eigenvalue weighted by Gasteiger charge is 2.52. The van der Waals surface area contributed by atoms with E-state index in [1.807, 2.05) is 0 Å². The first-order valence-corrected chi connectivity index (χ1v) is 5.82. The van der Waals surface area contributed by atoms with Crippen LogP contribution in [0.5, 0.6) is 0 Å². The van der Waals surface area contributed by atoms with E-state index < -0.39 is 10.0 Å². The fourth-order valence-electron chi connectivity index (χ4n) is 2.23. The molecule has 0 aromatic rings. The summed E-state index contributed by atoms with van der Waals surface area (Å²) >= 11 is 0. The van der Waals surface area contributed by atoms with Crippen molar-refractivity contribution in [2.24, 2.45) is 11.8 Å². The minimum absolute atomic E-state index is 0.329. The lowest BCUT2D eigenvalue weighted by molar-refractivity contribution is 0.213. The molecule has 0 radical (unpaired) electrons. The summed E-state index contributed by atoms with van der Waals surface area (Å²) in [7, 11) is -2.91. The van der Waals surface area contributed by atoms with Crippen LogP contribution in [-0.2, 0) is 10.0 Å². The molecule has 0 unspecified atom stereocenters. The van der Waals surface area contributed by atoms with Gasteiger partial charge in [-0.25, -0.2) is 8.42 Å². The maximum absolute atomic E-state index is 11.1. The summed E-state index contributed by atoms with van der Waals surface area (Å²) in [5, 5.41) is 0. The average Bonchev–Trinajstić information content (AvgIpc) is 2.38. The lowest BCUT2D eigenvalue weighted by Gasteiger charge is -2.32. The first-order chi connectivity index (χ1) is 5.00. The molecule has 2 saturated heterocycles. The Bertz CT molecular complexity index is 272. The maximum Gasteiger partial charge on any atom is 0.211 e. The van der Waals surface area contributed by atoms with E-state index in [1.54, 1.807) is 4.31 Å². The smallest absolute Gasteiger partial charge is 0.211 e. The van der Waals surface area contributed by atoms with Crippen LogP contribution < -0.4 is 0 Å². The summed E-state index contributed by atoms with van der Waals surface area (Å²) in [5.74, 6) is 1.25. The van der Waals surface area contributed by atoms with Crippen LogP contribution in [0, 0.1) is 11.8 Å². The molecule has 0 aromatic heterocycles. The SMILES string of the molecule is C[C@H]1[C@H]2C[C@@H]1N(S(C)(=O)=O)C2. The van der Waals surface area contributed by atoms with Crippen LogP contribution in [0.4, 0.5) is 0 Å². The van der Waals surface area contributed by atoms with Crippen LogP contribution >= 0.6 is 0 Å². The van der Waals surface area contributed by atoms with Crippen LogP contribution in [0.25, 0.3) is 0 Å². The zero-order valence-electron chi connectivity index (χ0n) is 6.82. The normalized spacial score (nSPS) is 44.0. The van der Waals surface area contributed by atoms with Gasteiger partial charge in [0.15, 0.2) is 0 Å². The molecule has 11 heavy (non-hydrogen) atoms. The van der Waals surface area contributed by atoms with Gasteiger partial charge in [0.1, 0.15) is 0 Å². The van der Waals surface area contributed by atoms with Crippen LogP contribution in [-0.4, -0.2) is 31.6 Å². The molecule has 4 heteroatoms. The minimum Gasteiger partial charge on any atom is -0.212 e. The second-order valence-corrected chi connectivity index (χ2v) is 5.69. The minimum atomic E-state index is -2.91. The summed E-state index contributed by atoms with van der Waals surface area (Å²) in [6.45, 7) is 2.91. The lowest BCUT2D eigenvalue weighted by atomic mass is 9.75. The summed E-state index contributed by atoms with van der Waals surface area (Å²) < 4.78 is 23.9. The molecule has 0 spiro atoms. The van der Waals surface area contributed by atoms with Crippen molar-refractivity contribution in [1.82, 2.24) is 4.31 Å². The first-order valence-electron chi connectivity index (χ1n) is 3.97. The van der Waals surface area contributed by atoms with Gasteiger partial charge in [-0.3, -0.25) is 0 Å². The van der Waals surface area contributed by atoms with Crippen LogP contribution in [0.2, 0.25) is 0 Å². The second-order valence-electron chi connectivity index (χ2n) is 3.75. The number of rotatable bonds is 1. The van der Waals surface area contributed by atoms with Gasteiger partial charge in [-0.05, 0) is 18.3 Å². The molecule has 2 aliphatic heterocycles. The predicted octanol–water partition coefficient (Wildman–Crippen LogP) is 0.286. The second kappa shape index (κ2) is 1.98. The van der Waals surface area contributed by atoms with Crippen molar-refractivity contribution >= 4 is 10.0 Å². The predicted molar refractivity (Wildman–Crippen MR) is 42.6 cm³/mol. The molecule has 64 valence electrons. The van der Waals surface area contributed by atoms with Crippen molar-refractivity contribution < 1.29 is 8.42 Å². The quantitative estimate of drug-likeness (QED) is 0.574. The third-order valence-electron chi connectivity index (χ3n) is 3.11. The molecular formula is C7H13NO2S. The monoisotopic (exact) mass is 175 g/mol. The number of hydrogen-bond acceptors (Lipinski definition) is 2. The highest BCUT2D eigenvalue weighted by molar-refractivity contribution is 7.88. The third-order valence-corrected chi connectivity index (χ3v) is 4.38. The topological polar surface area (TPSA) is 37.4 Å². The summed E-state index contributed by atoms with van der Waals surface area (Å²) in [4.78, 5) is 0. The third kappa shape index (κ3) is 0.924. The maximum atomic E-state index is 11.1. The van der Waals surface area contributed by atoms with Crippen LogP contribution in [0.15, 0.2) is 0 Å². The molecular weight excluding hydrogens is 162 g/mol. The number of nitrogens with zero attached hydrogens (tertiary/aromatic N) is 1. The van der Waals surface area contributed by atoms with E-state index in [4.69, 9.17) is 0 Å². The highest BCUT2D eigenvalue weighted by atomic mass is 32.2. The molecule has 2 heterocycles. The lowest BCUT2D eigenvalue weighted by Crippen LogP contribution is -2.39. The van der Waals surface area contributed by atoms with Gasteiger partial charge in [-0.2, -0.15) is 4.31 Å². The van der Waals surface area contributed by atoms with Gasteiger partial charge in [-0.1, -0.05) is 6.92 Å². The van der Waals surface area contributed by atoms with Gasteiger partial charge in [0.05, 0.1) is 6.26 Å². The fourth-order valence-corrected chi connectivity index (χ4v) is 3.46. The summed E-state index contributed by atoms with van der Waals surface area (Å²) in [6.07, 6.45) is 2.40. The van der Waals surface area contributed by atoms with Gasteiger partial charge in [-0.15, -0.1) is 0 Å². The van der Waals surface area contributed by atoms with E-state index in [2.05, 4.69) is 6.92 Å². The number of hydrogen-bond donors (Lipinski definition) is 0. The summed E-state index contributed by atoms with van der Waals surface area (Å²) in [5.41, 5.74) is 0. The van der Waals surface area contributed by atoms with E-state index in [1.165, 1.54) is 6.26 Å². The number of sulfonamides is 1. The zero-order valence-corrected chi connectivity index (χ0v) is 7.63. The Morgan fingerprint density at radius 1 is 1.45 bits per heavy atom. The van der Waals surface area contributed by atoms with Crippen molar-refractivity contribution in [2.75, 3.05) is 12.8 Å². The molecule has 0 N–H and O–H groups in total. The van der Waals surface area contributed by atoms with Gasteiger partial charge >= 0.3 is 0 Å². The molecule has 3 rings (SSSR count). The van der Waals surface area contributed by atoms with Gasteiger partial charge in [0.2, 0.25) is 10.0 Å². The van der Waals surface area contributed by atoms with Gasteiger partial charge in [0, 0.05) is 12.6 Å². The molecule has 0 amide bonds. The van der Waals surface area contributed by atoms with Crippen molar-refractivity contribution in [2.45, 2.75) is 19.4 Å². The first kappa shape index (κ1) is 7.55. The van der Waals surface area contributed by atoms with Gasteiger partial charge in [0.25, 0.3) is 0 Å². The molecule has 0 aromatic carbocycles. The Labute approximate surface area is 67.4 Å². The molecule has 1 aliphatic carbocycles. The standard InChI is InChI=1S/C7H13NO2S/c1-5-6-3-7(5)8(4-6)11(2,9)10/h5-7H,3-4H2,1-2H3/t5-,6-,7-/m0/s1. The highest BCUT2D eigenvalue weighted by Crippen LogP contribution is 2.46. The summed E-state index contributed by atoms with van der Waals surface area (Å²) in [6, 6.07) is 0.329. The van der Waals surface area contributed by atoms with Gasteiger partial charge < -0.3 is 0 Å².